The molecular formula is C8H8N2O2. The summed E-state index contributed by atoms with van der Waals surface area (Å²) in [6.07, 6.45) is 2.78. The number of furan rings is 1. The Balaban J connectivity index is 2.67. The molecule has 1 heterocycles. The smallest absolute Gasteiger partial charge is 0.257 e. The van der Waals surface area contributed by atoms with Crippen LogP contribution in [0, 0.1) is 11.3 Å². The van der Waals surface area contributed by atoms with E-state index >= 15 is 0 Å². The van der Waals surface area contributed by atoms with Crippen molar-refractivity contribution < 1.29 is 9.21 Å². The summed E-state index contributed by atoms with van der Waals surface area (Å²) in [5.41, 5.74) is 0.466. The van der Waals surface area contributed by atoms with Crippen molar-refractivity contribution >= 4 is 5.91 Å². The summed E-state index contributed by atoms with van der Waals surface area (Å²) < 4.78 is 4.73. The van der Waals surface area contributed by atoms with E-state index in [1.807, 2.05) is 6.07 Å². The highest BCUT2D eigenvalue weighted by Gasteiger charge is 2.11. The molecular weight excluding hydrogens is 156 g/mol. The Morgan fingerprint density at radius 3 is 3.08 bits per heavy atom. The maximum Gasteiger partial charge on any atom is 0.257 e. The molecule has 4 heteroatoms. The molecule has 1 aromatic heterocycles. The van der Waals surface area contributed by atoms with Gasteiger partial charge in [0, 0.05) is 7.05 Å². The average Bonchev–Trinajstić information content (AvgIpc) is 2.55. The van der Waals surface area contributed by atoms with Gasteiger partial charge in [-0.1, -0.05) is 0 Å². The lowest BCUT2D eigenvalue weighted by molar-refractivity contribution is 0.0811. The molecule has 62 valence electrons. The number of amides is 1. The highest BCUT2D eigenvalue weighted by atomic mass is 16.3. The number of carbonyl (C=O) groups excluding carboxylic acids is 1. The standard InChI is InChI=1S/C8H8N2O2/c1-10(4-3-9)8(11)7-2-5-12-6-7/h2,5-6H,4H2,1H3. The van der Waals surface area contributed by atoms with Gasteiger partial charge in [0.2, 0.25) is 0 Å². The molecule has 0 radical (unpaired) electrons. The molecule has 0 atom stereocenters. The minimum Gasteiger partial charge on any atom is -0.472 e. The third kappa shape index (κ3) is 1.64. The molecule has 1 amide bonds. The Bertz CT molecular complexity index is 297. The minimum atomic E-state index is -0.203. The monoisotopic (exact) mass is 164 g/mol. The first kappa shape index (κ1) is 8.34. The lowest BCUT2D eigenvalue weighted by Crippen LogP contribution is -2.26. The highest BCUT2D eigenvalue weighted by molar-refractivity contribution is 5.93. The van der Waals surface area contributed by atoms with Crippen LogP contribution < -0.4 is 0 Å². The van der Waals surface area contributed by atoms with Crippen molar-refractivity contribution in [3.05, 3.63) is 24.2 Å². The second-order valence-corrected chi connectivity index (χ2v) is 2.33. The van der Waals surface area contributed by atoms with Crippen molar-refractivity contribution in [2.75, 3.05) is 13.6 Å². The molecule has 1 rings (SSSR count). The number of carbonyl (C=O) groups is 1. The van der Waals surface area contributed by atoms with Crippen LogP contribution in [-0.2, 0) is 0 Å². The second-order valence-electron chi connectivity index (χ2n) is 2.33. The number of nitriles is 1. The van der Waals surface area contributed by atoms with Gasteiger partial charge in [0.15, 0.2) is 0 Å². The van der Waals surface area contributed by atoms with Crippen LogP contribution in [0.15, 0.2) is 23.0 Å². The van der Waals surface area contributed by atoms with E-state index in [0.29, 0.717) is 5.56 Å². The van der Waals surface area contributed by atoms with Gasteiger partial charge in [0.1, 0.15) is 12.8 Å². The Labute approximate surface area is 70.0 Å². The Morgan fingerprint density at radius 2 is 2.58 bits per heavy atom. The first-order chi connectivity index (χ1) is 5.75. The average molecular weight is 164 g/mol. The van der Waals surface area contributed by atoms with Crippen LogP contribution in [0.2, 0.25) is 0 Å². The first-order valence-electron chi connectivity index (χ1n) is 3.40. The molecule has 0 aromatic carbocycles. The van der Waals surface area contributed by atoms with Gasteiger partial charge in [-0.15, -0.1) is 0 Å². The normalized spacial score (nSPS) is 9.00. The number of hydrogen-bond acceptors (Lipinski definition) is 3. The molecule has 0 fully saturated rings. The summed E-state index contributed by atoms with van der Waals surface area (Å²) in [7, 11) is 1.57. The predicted molar refractivity (Wildman–Crippen MR) is 41.3 cm³/mol. The number of nitrogens with zero attached hydrogens (tertiary/aromatic N) is 2. The molecule has 0 aliphatic carbocycles. The lowest BCUT2D eigenvalue weighted by Gasteiger charge is -2.10. The topological polar surface area (TPSA) is 57.2 Å². The van der Waals surface area contributed by atoms with Gasteiger partial charge in [-0.2, -0.15) is 5.26 Å². The summed E-state index contributed by atoms with van der Waals surface area (Å²) in [4.78, 5) is 12.6. The van der Waals surface area contributed by atoms with Gasteiger partial charge in [-0.25, -0.2) is 0 Å². The van der Waals surface area contributed by atoms with E-state index in [4.69, 9.17) is 9.68 Å². The van der Waals surface area contributed by atoms with Crippen molar-refractivity contribution in [1.29, 1.82) is 5.26 Å². The summed E-state index contributed by atoms with van der Waals surface area (Å²) >= 11 is 0. The van der Waals surface area contributed by atoms with Crippen molar-refractivity contribution in [2.45, 2.75) is 0 Å². The van der Waals surface area contributed by atoms with Crippen molar-refractivity contribution in [3.8, 4) is 6.07 Å². The Morgan fingerprint density at radius 1 is 1.83 bits per heavy atom. The fourth-order valence-electron chi connectivity index (χ4n) is 0.784. The molecule has 0 N–H and O–H groups in total. The van der Waals surface area contributed by atoms with Gasteiger partial charge in [0.25, 0.3) is 5.91 Å². The molecule has 1 aromatic rings. The van der Waals surface area contributed by atoms with E-state index in [-0.39, 0.29) is 12.5 Å². The quantitative estimate of drug-likeness (QED) is 0.609. The second kappa shape index (κ2) is 3.58. The Hall–Kier alpha value is -1.76. The zero-order valence-electron chi connectivity index (χ0n) is 6.65. The molecule has 0 saturated carbocycles. The maximum atomic E-state index is 11.3. The summed E-state index contributed by atoms with van der Waals surface area (Å²) in [6.45, 7) is 0.0873. The van der Waals surface area contributed by atoms with Crippen LogP contribution in [0.3, 0.4) is 0 Å². The minimum absolute atomic E-state index is 0.0873. The van der Waals surface area contributed by atoms with Crippen LogP contribution in [0.25, 0.3) is 0 Å². The molecule has 12 heavy (non-hydrogen) atoms. The zero-order valence-corrected chi connectivity index (χ0v) is 6.65. The zero-order chi connectivity index (χ0) is 8.97. The number of hydrogen-bond donors (Lipinski definition) is 0. The largest absolute Gasteiger partial charge is 0.472 e. The summed E-state index contributed by atoms with van der Waals surface area (Å²) in [6, 6.07) is 3.45. The van der Waals surface area contributed by atoms with E-state index < -0.39 is 0 Å². The van der Waals surface area contributed by atoms with Gasteiger partial charge in [-0.3, -0.25) is 4.79 Å². The van der Waals surface area contributed by atoms with E-state index in [1.165, 1.54) is 17.4 Å². The van der Waals surface area contributed by atoms with E-state index in [0.717, 1.165) is 0 Å². The molecule has 0 spiro atoms. The fourth-order valence-corrected chi connectivity index (χ4v) is 0.784. The van der Waals surface area contributed by atoms with Gasteiger partial charge in [0.05, 0.1) is 17.9 Å². The number of rotatable bonds is 2. The van der Waals surface area contributed by atoms with Gasteiger partial charge in [-0.05, 0) is 6.07 Å². The molecule has 0 saturated heterocycles. The van der Waals surface area contributed by atoms with Crippen LogP contribution in [-0.4, -0.2) is 24.4 Å². The van der Waals surface area contributed by atoms with Crippen LogP contribution >= 0.6 is 0 Å². The van der Waals surface area contributed by atoms with Gasteiger partial charge < -0.3 is 9.32 Å². The predicted octanol–water partition coefficient (Wildman–Crippen LogP) is 0.875. The highest BCUT2D eigenvalue weighted by Crippen LogP contribution is 2.03. The van der Waals surface area contributed by atoms with Crippen molar-refractivity contribution in [2.24, 2.45) is 0 Å². The van der Waals surface area contributed by atoms with Crippen molar-refractivity contribution in [1.82, 2.24) is 4.90 Å². The van der Waals surface area contributed by atoms with Crippen molar-refractivity contribution in [3.63, 3.8) is 0 Å². The summed E-state index contributed by atoms with van der Waals surface area (Å²) in [5.74, 6) is -0.203. The van der Waals surface area contributed by atoms with Crippen LogP contribution in [0.4, 0.5) is 0 Å². The van der Waals surface area contributed by atoms with E-state index in [2.05, 4.69) is 0 Å². The summed E-state index contributed by atoms with van der Waals surface area (Å²) in [5, 5.41) is 8.32. The van der Waals surface area contributed by atoms with E-state index in [1.54, 1.807) is 13.1 Å². The molecule has 4 nitrogen and oxygen atoms in total. The van der Waals surface area contributed by atoms with E-state index in [9.17, 15) is 4.79 Å². The molecule has 0 bridgehead atoms. The molecule has 0 unspecified atom stereocenters. The SMILES string of the molecule is CN(CC#N)C(=O)c1ccoc1. The van der Waals surface area contributed by atoms with Crippen LogP contribution in [0.5, 0.6) is 0 Å². The third-order valence-electron chi connectivity index (χ3n) is 1.42. The maximum absolute atomic E-state index is 11.3. The van der Waals surface area contributed by atoms with Gasteiger partial charge >= 0.3 is 0 Å². The lowest BCUT2D eigenvalue weighted by atomic mass is 10.3. The Kier molecular flexibility index (Phi) is 2.49. The third-order valence-corrected chi connectivity index (χ3v) is 1.42. The molecule has 0 aliphatic rings. The first-order valence-corrected chi connectivity index (χ1v) is 3.40. The molecule has 0 aliphatic heterocycles. The fraction of sp³-hybridized carbons (Fsp3) is 0.250. The van der Waals surface area contributed by atoms with Crippen LogP contribution in [0.1, 0.15) is 10.4 Å².